The molecule has 0 spiro atoms. The number of nitrogens with one attached hydrogen (secondary N) is 1. The van der Waals surface area contributed by atoms with Crippen molar-refractivity contribution in [3.8, 4) is 0 Å². The van der Waals surface area contributed by atoms with Gasteiger partial charge in [-0.1, -0.05) is 0 Å². The van der Waals surface area contributed by atoms with Crippen LogP contribution in [0, 0.1) is 0 Å². The first kappa shape index (κ1) is 12.2. The molecular weight excluding hydrogens is 216 g/mol. The van der Waals surface area contributed by atoms with Gasteiger partial charge in [-0.3, -0.25) is 0 Å². The van der Waals surface area contributed by atoms with Gasteiger partial charge in [-0.25, -0.2) is 13.4 Å². The predicted molar refractivity (Wildman–Crippen MR) is 57.2 cm³/mol. The molecular formula is C9H16N2O3S. The number of hydrogen-bond acceptors (Lipinski definition) is 5. The average molecular weight is 232 g/mol. The minimum atomic E-state index is -3.13. The molecule has 0 aliphatic heterocycles. The lowest BCUT2D eigenvalue weighted by molar-refractivity contribution is 0.405. The minimum Gasteiger partial charge on any atom is -0.443 e. The third-order valence-corrected chi connectivity index (χ3v) is 3.90. The van der Waals surface area contributed by atoms with Crippen molar-refractivity contribution in [1.82, 2.24) is 10.3 Å². The Bertz CT molecular complexity index is 424. The average Bonchev–Trinajstić information content (AvgIpc) is 2.62. The maximum Gasteiger partial charge on any atom is 0.211 e. The molecule has 0 saturated heterocycles. The monoisotopic (exact) mass is 232 g/mol. The van der Waals surface area contributed by atoms with Crippen molar-refractivity contribution in [2.24, 2.45) is 0 Å². The van der Waals surface area contributed by atoms with E-state index in [1.165, 1.54) is 12.5 Å². The molecule has 1 aromatic rings. The SMILES string of the molecule is CNC(C)c1ncc(C(C)S(C)(=O)=O)o1. The second-order valence-corrected chi connectivity index (χ2v) is 5.95. The number of rotatable bonds is 4. The van der Waals surface area contributed by atoms with E-state index < -0.39 is 15.1 Å². The van der Waals surface area contributed by atoms with Gasteiger partial charge in [0.2, 0.25) is 5.89 Å². The van der Waals surface area contributed by atoms with Gasteiger partial charge < -0.3 is 9.73 Å². The van der Waals surface area contributed by atoms with E-state index in [0.717, 1.165) is 0 Å². The zero-order valence-electron chi connectivity index (χ0n) is 9.31. The van der Waals surface area contributed by atoms with Gasteiger partial charge in [0.05, 0.1) is 12.2 Å². The maximum absolute atomic E-state index is 11.3. The van der Waals surface area contributed by atoms with Crippen LogP contribution < -0.4 is 5.32 Å². The molecule has 1 N–H and O–H groups in total. The molecule has 1 heterocycles. The second-order valence-electron chi connectivity index (χ2n) is 3.58. The first-order valence-corrected chi connectivity index (χ1v) is 6.63. The summed E-state index contributed by atoms with van der Waals surface area (Å²) < 4.78 is 27.9. The first-order chi connectivity index (χ1) is 6.86. The van der Waals surface area contributed by atoms with Crippen LogP contribution in [-0.2, 0) is 9.84 Å². The Morgan fingerprint density at radius 2 is 2.07 bits per heavy atom. The maximum atomic E-state index is 11.3. The van der Waals surface area contributed by atoms with E-state index >= 15 is 0 Å². The molecule has 0 amide bonds. The van der Waals surface area contributed by atoms with E-state index in [1.807, 2.05) is 6.92 Å². The molecule has 5 nitrogen and oxygen atoms in total. The van der Waals surface area contributed by atoms with Crippen molar-refractivity contribution in [2.45, 2.75) is 25.1 Å². The molecule has 1 aromatic heterocycles. The van der Waals surface area contributed by atoms with Crippen LogP contribution in [0.3, 0.4) is 0 Å². The van der Waals surface area contributed by atoms with Gasteiger partial charge in [0.1, 0.15) is 11.0 Å². The molecule has 0 aliphatic carbocycles. The summed E-state index contributed by atoms with van der Waals surface area (Å²) in [5, 5.41) is 2.32. The van der Waals surface area contributed by atoms with Crippen molar-refractivity contribution in [3.63, 3.8) is 0 Å². The Labute approximate surface area is 89.8 Å². The van der Waals surface area contributed by atoms with E-state index in [4.69, 9.17) is 4.42 Å². The van der Waals surface area contributed by atoms with Gasteiger partial charge in [-0.15, -0.1) is 0 Å². The topological polar surface area (TPSA) is 72.2 Å². The van der Waals surface area contributed by atoms with Gasteiger partial charge in [0.25, 0.3) is 0 Å². The highest BCUT2D eigenvalue weighted by molar-refractivity contribution is 7.90. The summed E-state index contributed by atoms with van der Waals surface area (Å²) in [6.07, 6.45) is 2.65. The van der Waals surface area contributed by atoms with Crippen LogP contribution in [0.1, 0.15) is 36.8 Å². The summed E-state index contributed by atoms with van der Waals surface area (Å²) in [6, 6.07) is -0.0227. The van der Waals surface area contributed by atoms with Crippen LogP contribution in [0.15, 0.2) is 10.6 Å². The fraction of sp³-hybridized carbons (Fsp3) is 0.667. The van der Waals surface area contributed by atoms with E-state index in [9.17, 15) is 8.42 Å². The summed E-state index contributed by atoms with van der Waals surface area (Å²) in [5.74, 6) is 0.887. The molecule has 0 aliphatic rings. The number of oxazole rings is 1. The molecule has 0 bridgehead atoms. The standard InChI is InChI=1S/C9H16N2O3S/c1-6(10-3)9-11-5-8(14-9)7(2)15(4,12)13/h5-7,10H,1-4H3. The van der Waals surface area contributed by atoms with Crippen molar-refractivity contribution >= 4 is 9.84 Å². The molecule has 6 heteroatoms. The molecule has 0 radical (unpaired) electrons. The predicted octanol–water partition coefficient (Wildman–Crippen LogP) is 1.06. The highest BCUT2D eigenvalue weighted by Crippen LogP contribution is 2.23. The van der Waals surface area contributed by atoms with Gasteiger partial charge >= 0.3 is 0 Å². The Kier molecular flexibility index (Phi) is 3.51. The minimum absolute atomic E-state index is 0.0227. The quantitative estimate of drug-likeness (QED) is 0.840. The first-order valence-electron chi connectivity index (χ1n) is 4.68. The molecule has 0 saturated carbocycles. The van der Waals surface area contributed by atoms with Crippen LogP contribution in [0.2, 0.25) is 0 Å². The lowest BCUT2D eigenvalue weighted by Crippen LogP contribution is -2.12. The van der Waals surface area contributed by atoms with Gasteiger partial charge in [-0.2, -0.15) is 0 Å². The van der Waals surface area contributed by atoms with Gasteiger partial charge in [0.15, 0.2) is 9.84 Å². The highest BCUT2D eigenvalue weighted by Gasteiger charge is 2.22. The normalized spacial score (nSPS) is 16.3. The smallest absolute Gasteiger partial charge is 0.211 e. The van der Waals surface area contributed by atoms with Gasteiger partial charge in [0, 0.05) is 6.26 Å². The Hall–Kier alpha value is -0.880. The van der Waals surface area contributed by atoms with Crippen LogP contribution in [0.25, 0.3) is 0 Å². The molecule has 2 unspecified atom stereocenters. The van der Waals surface area contributed by atoms with E-state index in [0.29, 0.717) is 11.7 Å². The molecule has 2 atom stereocenters. The number of hydrogen-bond donors (Lipinski definition) is 1. The lowest BCUT2D eigenvalue weighted by Gasteiger charge is -2.06. The summed E-state index contributed by atoms with van der Waals surface area (Å²) in [5.41, 5.74) is 0. The molecule has 1 rings (SSSR count). The van der Waals surface area contributed by atoms with Crippen LogP contribution in [-0.4, -0.2) is 26.7 Å². The number of nitrogens with zero attached hydrogens (tertiary/aromatic N) is 1. The largest absolute Gasteiger partial charge is 0.443 e. The van der Waals surface area contributed by atoms with E-state index in [1.54, 1.807) is 14.0 Å². The summed E-state index contributed by atoms with van der Waals surface area (Å²) in [7, 11) is -1.34. The fourth-order valence-electron chi connectivity index (χ4n) is 1.02. The Morgan fingerprint density at radius 1 is 1.47 bits per heavy atom. The molecule has 0 fully saturated rings. The van der Waals surface area contributed by atoms with Crippen LogP contribution >= 0.6 is 0 Å². The van der Waals surface area contributed by atoms with Crippen molar-refractivity contribution < 1.29 is 12.8 Å². The molecule has 15 heavy (non-hydrogen) atoms. The van der Waals surface area contributed by atoms with Crippen molar-refractivity contribution in [3.05, 3.63) is 17.8 Å². The molecule has 0 aromatic carbocycles. The molecule has 86 valence electrons. The number of aromatic nitrogens is 1. The summed E-state index contributed by atoms with van der Waals surface area (Å²) in [4.78, 5) is 4.03. The second kappa shape index (κ2) is 4.32. The van der Waals surface area contributed by atoms with Crippen LogP contribution in [0.5, 0.6) is 0 Å². The third-order valence-electron chi connectivity index (χ3n) is 2.39. The highest BCUT2D eigenvalue weighted by atomic mass is 32.2. The van der Waals surface area contributed by atoms with E-state index in [-0.39, 0.29) is 6.04 Å². The summed E-state index contributed by atoms with van der Waals surface area (Å²) in [6.45, 7) is 3.48. The zero-order chi connectivity index (χ0) is 11.6. The Morgan fingerprint density at radius 3 is 2.53 bits per heavy atom. The number of sulfone groups is 1. The fourth-order valence-corrected chi connectivity index (χ4v) is 1.55. The van der Waals surface area contributed by atoms with Crippen molar-refractivity contribution in [1.29, 1.82) is 0 Å². The Balaban J connectivity index is 2.94. The van der Waals surface area contributed by atoms with Crippen LogP contribution in [0.4, 0.5) is 0 Å². The van der Waals surface area contributed by atoms with Gasteiger partial charge in [-0.05, 0) is 20.9 Å². The van der Waals surface area contributed by atoms with Crippen molar-refractivity contribution in [2.75, 3.05) is 13.3 Å². The zero-order valence-corrected chi connectivity index (χ0v) is 10.1. The third kappa shape index (κ3) is 2.79. The van der Waals surface area contributed by atoms with E-state index in [2.05, 4.69) is 10.3 Å². The lowest BCUT2D eigenvalue weighted by atomic mass is 10.3. The summed E-state index contributed by atoms with van der Waals surface area (Å²) >= 11 is 0.